The van der Waals surface area contributed by atoms with Gasteiger partial charge in [0.05, 0.1) is 0 Å². The van der Waals surface area contributed by atoms with Crippen LogP contribution in [0.4, 0.5) is 0 Å². The molecule has 3 heteroatoms. The van der Waals surface area contributed by atoms with Crippen molar-refractivity contribution in [2.45, 2.75) is 25.2 Å². The first-order chi connectivity index (χ1) is 6.56. The average Bonchev–Trinajstić information content (AvgIpc) is 2.13. The van der Waals surface area contributed by atoms with E-state index in [1.165, 1.54) is 16.0 Å². The number of rotatable bonds is 3. The lowest BCUT2D eigenvalue weighted by Crippen LogP contribution is -1.98. The zero-order chi connectivity index (χ0) is 10.7. The number of benzene rings is 1. The molecule has 0 saturated heterocycles. The fourth-order valence-corrected chi connectivity index (χ4v) is 2.38. The van der Waals surface area contributed by atoms with Gasteiger partial charge in [-0.1, -0.05) is 6.07 Å². The third kappa shape index (κ3) is 2.61. The number of carbonyl (C=O) groups excluding carboxylic acids is 1. The van der Waals surface area contributed by atoms with E-state index in [9.17, 15) is 4.79 Å². The van der Waals surface area contributed by atoms with Crippen LogP contribution >= 0.6 is 27.7 Å². The van der Waals surface area contributed by atoms with Gasteiger partial charge in [-0.25, -0.2) is 0 Å². The highest BCUT2D eigenvalue weighted by Gasteiger charge is 2.07. The fraction of sp³-hybridized carbons (Fsp3) is 0.364. The summed E-state index contributed by atoms with van der Waals surface area (Å²) in [6.45, 7) is 4.17. The summed E-state index contributed by atoms with van der Waals surface area (Å²) in [6.07, 6.45) is 2.54. The molecule has 0 atom stereocenters. The SMILES string of the molecule is CSc1ccc(CC(=O)Br)c(C)c1C. The Labute approximate surface area is 97.4 Å². The molecule has 0 fully saturated rings. The van der Waals surface area contributed by atoms with Crippen LogP contribution in [-0.2, 0) is 11.2 Å². The molecule has 76 valence electrons. The third-order valence-corrected chi connectivity index (χ3v) is 3.56. The molecule has 14 heavy (non-hydrogen) atoms. The lowest BCUT2D eigenvalue weighted by Gasteiger charge is -2.10. The van der Waals surface area contributed by atoms with Crippen molar-refractivity contribution in [1.82, 2.24) is 0 Å². The minimum atomic E-state index is 0.0388. The van der Waals surface area contributed by atoms with Crippen LogP contribution in [0.15, 0.2) is 17.0 Å². The smallest absolute Gasteiger partial charge is 0.202 e. The van der Waals surface area contributed by atoms with Crippen LogP contribution in [-0.4, -0.2) is 10.9 Å². The third-order valence-electron chi connectivity index (χ3n) is 2.40. The molecule has 0 saturated carbocycles. The summed E-state index contributed by atoms with van der Waals surface area (Å²) >= 11 is 4.70. The molecule has 1 aromatic rings. The van der Waals surface area contributed by atoms with Crippen molar-refractivity contribution >= 4 is 32.4 Å². The predicted molar refractivity (Wildman–Crippen MR) is 65.3 cm³/mol. The predicted octanol–water partition coefficient (Wildman–Crippen LogP) is 3.49. The van der Waals surface area contributed by atoms with E-state index in [1.807, 2.05) is 6.07 Å². The maximum atomic E-state index is 10.9. The first kappa shape index (κ1) is 11.8. The zero-order valence-electron chi connectivity index (χ0n) is 8.56. The molecule has 0 unspecified atom stereocenters. The monoisotopic (exact) mass is 272 g/mol. The Bertz CT molecular complexity index is 361. The fourth-order valence-electron chi connectivity index (χ4n) is 1.41. The molecule has 0 N–H and O–H groups in total. The molecule has 0 bridgehead atoms. The Balaban J connectivity index is 3.10. The highest BCUT2D eigenvalue weighted by molar-refractivity contribution is 9.18. The van der Waals surface area contributed by atoms with E-state index in [0.29, 0.717) is 6.42 Å². The van der Waals surface area contributed by atoms with Crippen LogP contribution in [0.25, 0.3) is 0 Å². The van der Waals surface area contributed by atoms with Gasteiger partial charge in [0.15, 0.2) is 0 Å². The maximum Gasteiger partial charge on any atom is 0.202 e. The van der Waals surface area contributed by atoms with Gasteiger partial charge in [0.2, 0.25) is 4.69 Å². The quantitative estimate of drug-likeness (QED) is 0.619. The molecule has 0 radical (unpaired) electrons. The van der Waals surface area contributed by atoms with Crippen LogP contribution < -0.4 is 0 Å². The summed E-state index contributed by atoms with van der Waals surface area (Å²) in [7, 11) is 0. The van der Waals surface area contributed by atoms with Gasteiger partial charge in [-0.15, -0.1) is 11.8 Å². The van der Waals surface area contributed by atoms with Gasteiger partial charge >= 0.3 is 0 Å². The van der Waals surface area contributed by atoms with Crippen LogP contribution in [0.1, 0.15) is 16.7 Å². The summed E-state index contributed by atoms with van der Waals surface area (Å²) in [4.78, 5) is 12.2. The van der Waals surface area contributed by atoms with Gasteiger partial charge in [-0.2, -0.15) is 0 Å². The van der Waals surface area contributed by atoms with E-state index in [2.05, 4.69) is 42.1 Å². The summed E-state index contributed by atoms with van der Waals surface area (Å²) in [5.41, 5.74) is 3.62. The molecular weight excluding hydrogens is 260 g/mol. The first-order valence-electron chi connectivity index (χ1n) is 4.37. The van der Waals surface area contributed by atoms with E-state index < -0.39 is 0 Å². The van der Waals surface area contributed by atoms with Gasteiger partial charge in [0, 0.05) is 11.3 Å². The zero-order valence-corrected chi connectivity index (χ0v) is 11.0. The minimum Gasteiger partial charge on any atom is -0.286 e. The molecule has 0 aromatic heterocycles. The molecule has 0 spiro atoms. The minimum absolute atomic E-state index is 0.0388. The van der Waals surface area contributed by atoms with Gasteiger partial charge in [-0.3, -0.25) is 4.79 Å². The molecule has 0 heterocycles. The van der Waals surface area contributed by atoms with Crippen LogP contribution in [0.3, 0.4) is 0 Å². The number of carbonyl (C=O) groups is 1. The Morgan fingerprint density at radius 3 is 2.50 bits per heavy atom. The molecule has 1 aromatic carbocycles. The average molecular weight is 273 g/mol. The highest BCUT2D eigenvalue weighted by Crippen LogP contribution is 2.25. The lowest BCUT2D eigenvalue weighted by molar-refractivity contribution is -0.109. The number of hydrogen-bond acceptors (Lipinski definition) is 2. The van der Waals surface area contributed by atoms with E-state index in [-0.39, 0.29) is 4.69 Å². The molecule has 0 aliphatic rings. The van der Waals surface area contributed by atoms with Crippen molar-refractivity contribution in [1.29, 1.82) is 0 Å². The summed E-state index contributed by atoms with van der Waals surface area (Å²) in [5, 5.41) is 0. The maximum absolute atomic E-state index is 10.9. The number of halogens is 1. The summed E-state index contributed by atoms with van der Waals surface area (Å²) in [5.74, 6) is 0. The second-order valence-corrected chi connectivity index (χ2v) is 4.94. The number of hydrogen-bond donors (Lipinski definition) is 0. The van der Waals surface area contributed by atoms with Crippen molar-refractivity contribution in [2.75, 3.05) is 6.26 Å². The van der Waals surface area contributed by atoms with Crippen molar-refractivity contribution in [3.8, 4) is 0 Å². The first-order valence-corrected chi connectivity index (χ1v) is 6.39. The summed E-state index contributed by atoms with van der Waals surface area (Å²) < 4.78 is 0.0388. The Hall–Kier alpha value is -0.280. The Morgan fingerprint density at radius 1 is 1.36 bits per heavy atom. The van der Waals surface area contributed by atoms with Crippen LogP contribution in [0.2, 0.25) is 0 Å². The van der Waals surface area contributed by atoms with Gasteiger partial charge in [0.25, 0.3) is 0 Å². The molecule has 1 nitrogen and oxygen atoms in total. The van der Waals surface area contributed by atoms with E-state index in [1.54, 1.807) is 11.8 Å². The van der Waals surface area contributed by atoms with E-state index in [4.69, 9.17) is 0 Å². The Morgan fingerprint density at radius 2 is 2.00 bits per heavy atom. The normalized spacial score (nSPS) is 10.3. The van der Waals surface area contributed by atoms with Gasteiger partial charge < -0.3 is 0 Å². The highest BCUT2D eigenvalue weighted by atomic mass is 79.9. The molecule has 1 rings (SSSR count). The largest absolute Gasteiger partial charge is 0.286 e. The summed E-state index contributed by atoms with van der Waals surface area (Å²) in [6, 6.07) is 4.12. The van der Waals surface area contributed by atoms with Crippen molar-refractivity contribution in [3.05, 3.63) is 28.8 Å². The molecule has 0 aliphatic heterocycles. The lowest BCUT2D eigenvalue weighted by atomic mass is 10.0. The van der Waals surface area contributed by atoms with E-state index in [0.717, 1.165) is 5.56 Å². The van der Waals surface area contributed by atoms with Gasteiger partial charge in [0.1, 0.15) is 0 Å². The Kier molecular flexibility index (Phi) is 4.20. The second-order valence-electron chi connectivity index (χ2n) is 3.21. The molecular formula is C11H13BrOS. The van der Waals surface area contributed by atoms with Crippen LogP contribution in [0, 0.1) is 13.8 Å². The molecule has 0 amide bonds. The topological polar surface area (TPSA) is 17.1 Å². The number of thioether (sulfide) groups is 1. The van der Waals surface area contributed by atoms with Crippen LogP contribution in [0.5, 0.6) is 0 Å². The van der Waals surface area contributed by atoms with Crippen molar-refractivity contribution in [2.24, 2.45) is 0 Å². The van der Waals surface area contributed by atoms with Crippen molar-refractivity contribution < 1.29 is 4.79 Å². The standard InChI is InChI=1S/C11H13BrOS/c1-7-8(2)10(14-3)5-4-9(7)6-11(12)13/h4-5H,6H2,1-3H3. The second kappa shape index (κ2) is 4.99. The van der Waals surface area contributed by atoms with Crippen molar-refractivity contribution in [3.63, 3.8) is 0 Å². The van der Waals surface area contributed by atoms with Gasteiger partial charge in [-0.05, 0) is 58.8 Å². The molecule has 0 aliphatic carbocycles. The van der Waals surface area contributed by atoms with E-state index >= 15 is 0 Å².